The summed E-state index contributed by atoms with van der Waals surface area (Å²) in [5, 5.41) is 8.97. The highest BCUT2D eigenvalue weighted by molar-refractivity contribution is 7.99. The van der Waals surface area contributed by atoms with E-state index < -0.39 is 0 Å². The Hall–Kier alpha value is -1.75. The van der Waals surface area contributed by atoms with E-state index in [-0.39, 0.29) is 5.91 Å². The van der Waals surface area contributed by atoms with Gasteiger partial charge in [0, 0.05) is 6.04 Å². The van der Waals surface area contributed by atoms with Gasteiger partial charge in [0.1, 0.15) is 5.03 Å². The number of nitrogens with zero attached hydrogens (tertiary/aromatic N) is 2. The van der Waals surface area contributed by atoms with E-state index in [1.54, 1.807) is 18.0 Å². The van der Waals surface area contributed by atoms with Gasteiger partial charge in [-0.25, -0.2) is 4.68 Å². The number of nitrogens with one attached hydrogen (secondary N) is 1. The molecule has 1 amide bonds. The molecule has 28 heavy (non-hydrogen) atoms. The van der Waals surface area contributed by atoms with Gasteiger partial charge in [0.25, 0.3) is 5.91 Å². The molecule has 1 heterocycles. The van der Waals surface area contributed by atoms with E-state index in [4.69, 9.17) is 0 Å². The third-order valence-corrected chi connectivity index (χ3v) is 8.01. The van der Waals surface area contributed by atoms with Gasteiger partial charge < -0.3 is 5.32 Å². The second-order valence-electron chi connectivity index (χ2n) is 8.97. The monoisotopic (exact) mass is 395 g/mol. The molecule has 4 aliphatic rings. The summed E-state index contributed by atoms with van der Waals surface area (Å²) in [7, 11) is 0. The van der Waals surface area contributed by atoms with Gasteiger partial charge in [-0.3, -0.25) is 4.79 Å². The maximum Gasteiger partial charge on any atom is 0.255 e. The normalized spacial score (nSPS) is 30.6. The van der Waals surface area contributed by atoms with Crippen molar-refractivity contribution in [3.63, 3.8) is 0 Å². The molecule has 1 aromatic carbocycles. The van der Waals surface area contributed by atoms with Crippen LogP contribution in [-0.2, 0) is 0 Å². The maximum absolute atomic E-state index is 13.3. The second-order valence-corrected chi connectivity index (χ2v) is 10.2. The van der Waals surface area contributed by atoms with Crippen molar-refractivity contribution in [1.82, 2.24) is 15.1 Å². The van der Waals surface area contributed by atoms with E-state index in [0.29, 0.717) is 17.9 Å². The minimum absolute atomic E-state index is 0.0618. The van der Waals surface area contributed by atoms with Crippen molar-refractivity contribution in [2.45, 2.75) is 57.0 Å². The average Bonchev–Trinajstić information content (AvgIpc) is 3.09. The maximum atomic E-state index is 13.3. The Labute approximate surface area is 171 Å². The zero-order valence-electron chi connectivity index (χ0n) is 16.7. The van der Waals surface area contributed by atoms with Crippen LogP contribution in [0.5, 0.6) is 0 Å². The topological polar surface area (TPSA) is 46.9 Å². The first kappa shape index (κ1) is 18.3. The van der Waals surface area contributed by atoms with Crippen molar-refractivity contribution in [2.75, 3.05) is 5.75 Å². The van der Waals surface area contributed by atoms with E-state index in [1.807, 2.05) is 4.68 Å². The van der Waals surface area contributed by atoms with Crippen molar-refractivity contribution in [3.8, 4) is 5.69 Å². The number of amides is 1. The standard InChI is InChI=1S/C23H29N3OS/c1-3-28-23-20(13-24-26(23)19-6-4-14(2)5-7-19)22(27)25-21-17-9-15-8-16(11-17)12-18(21)10-15/h4-7,13,15-18,21H,3,8-12H2,1-2H3,(H,25,27). The van der Waals surface area contributed by atoms with Gasteiger partial charge >= 0.3 is 0 Å². The number of carbonyl (C=O) groups excluding carboxylic acids is 1. The van der Waals surface area contributed by atoms with Gasteiger partial charge in [-0.1, -0.05) is 24.6 Å². The highest BCUT2D eigenvalue weighted by atomic mass is 32.2. The molecule has 1 N–H and O–H groups in total. The predicted octanol–water partition coefficient (Wildman–Crippen LogP) is 4.85. The molecule has 1 aromatic heterocycles. The first-order valence-electron chi connectivity index (χ1n) is 10.7. The Morgan fingerprint density at radius 3 is 2.36 bits per heavy atom. The van der Waals surface area contributed by atoms with Crippen molar-refractivity contribution in [3.05, 3.63) is 41.6 Å². The van der Waals surface area contributed by atoms with Crippen molar-refractivity contribution < 1.29 is 4.79 Å². The number of hydrogen-bond donors (Lipinski definition) is 1. The molecule has 0 spiro atoms. The molecule has 148 valence electrons. The van der Waals surface area contributed by atoms with Crippen LogP contribution in [-0.4, -0.2) is 27.5 Å². The number of aromatic nitrogens is 2. The van der Waals surface area contributed by atoms with Gasteiger partial charge in [-0.05, 0) is 80.6 Å². The molecular weight excluding hydrogens is 366 g/mol. The lowest BCUT2D eigenvalue weighted by Crippen LogP contribution is -2.55. The first-order chi connectivity index (χ1) is 13.6. The van der Waals surface area contributed by atoms with Crippen LogP contribution in [0.2, 0.25) is 0 Å². The van der Waals surface area contributed by atoms with Gasteiger partial charge in [0.2, 0.25) is 0 Å². The lowest BCUT2D eigenvalue weighted by atomic mass is 9.54. The minimum atomic E-state index is 0.0618. The predicted molar refractivity (Wildman–Crippen MR) is 113 cm³/mol. The highest BCUT2D eigenvalue weighted by Crippen LogP contribution is 2.53. The summed E-state index contributed by atoms with van der Waals surface area (Å²) in [5.74, 6) is 4.20. The summed E-state index contributed by atoms with van der Waals surface area (Å²) in [5.41, 5.74) is 2.96. The smallest absolute Gasteiger partial charge is 0.255 e. The number of aryl methyl sites for hydroxylation is 1. The molecule has 2 aromatic rings. The van der Waals surface area contributed by atoms with Gasteiger partial charge in [-0.15, -0.1) is 11.8 Å². The Morgan fingerprint density at radius 1 is 1.11 bits per heavy atom. The van der Waals surface area contributed by atoms with E-state index >= 15 is 0 Å². The van der Waals surface area contributed by atoms with Crippen LogP contribution in [0, 0.1) is 30.6 Å². The first-order valence-corrected chi connectivity index (χ1v) is 11.7. The van der Waals surface area contributed by atoms with E-state index in [1.165, 1.54) is 37.7 Å². The quantitative estimate of drug-likeness (QED) is 0.737. The second kappa shape index (κ2) is 7.25. The molecule has 0 atom stereocenters. The van der Waals surface area contributed by atoms with Crippen LogP contribution in [0.3, 0.4) is 0 Å². The summed E-state index contributed by atoms with van der Waals surface area (Å²) in [6.07, 6.45) is 8.46. The molecule has 0 saturated heterocycles. The van der Waals surface area contributed by atoms with Crippen LogP contribution in [0.15, 0.2) is 35.5 Å². The molecule has 4 nitrogen and oxygen atoms in total. The van der Waals surface area contributed by atoms with Gasteiger partial charge in [-0.2, -0.15) is 5.10 Å². The van der Waals surface area contributed by atoms with E-state index in [2.05, 4.69) is 48.5 Å². The molecular formula is C23H29N3OS. The largest absolute Gasteiger partial charge is 0.349 e. The Balaban J connectivity index is 1.39. The lowest BCUT2D eigenvalue weighted by molar-refractivity contribution is -0.0120. The number of benzene rings is 1. The van der Waals surface area contributed by atoms with E-state index in [9.17, 15) is 4.79 Å². The zero-order valence-corrected chi connectivity index (χ0v) is 17.5. The average molecular weight is 396 g/mol. The molecule has 5 heteroatoms. The van der Waals surface area contributed by atoms with Crippen LogP contribution in [0.1, 0.15) is 54.9 Å². The van der Waals surface area contributed by atoms with Gasteiger partial charge in [0.15, 0.2) is 0 Å². The number of thioether (sulfide) groups is 1. The van der Waals surface area contributed by atoms with Crippen LogP contribution in [0.25, 0.3) is 5.69 Å². The lowest BCUT2D eigenvalue weighted by Gasteiger charge is -2.54. The summed E-state index contributed by atoms with van der Waals surface area (Å²) in [6.45, 7) is 4.20. The highest BCUT2D eigenvalue weighted by Gasteiger charge is 2.48. The summed E-state index contributed by atoms with van der Waals surface area (Å²) in [4.78, 5) is 13.3. The SMILES string of the molecule is CCSc1c(C(=O)NC2C3CC4CC(C3)CC2C4)cnn1-c1ccc(C)cc1. The van der Waals surface area contributed by atoms with Crippen LogP contribution >= 0.6 is 11.8 Å². The minimum Gasteiger partial charge on any atom is -0.349 e. The summed E-state index contributed by atoms with van der Waals surface area (Å²) in [6, 6.07) is 8.68. The number of carbonyl (C=O) groups is 1. The van der Waals surface area contributed by atoms with E-state index in [0.717, 1.165) is 33.9 Å². The number of hydrogen-bond acceptors (Lipinski definition) is 3. The molecule has 0 aliphatic heterocycles. The summed E-state index contributed by atoms with van der Waals surface area (Å²) < 4.78 is 1.92. The Morgan fingerprint density at radius 2 is 1.75 bits per heavy atom. The van der Waals surface area contributed by atoms with Crippen molar-refractivity contribution in [1.29, 1.82) is 0 Å². The third kappa shape index (κ3) is 3.18. The zero-order chi connectivity index (χ0) is 19.3. The Kier molecular flexibility index (Phi) is 4.74. The Bertz CT molecular complexity index is 844. The fourth-order valence-electron chi connectivity index (χ4n) is 6.03. The van der Waals surface area contributed by atoms with Gasteiger partial charge in [0.05, 0.1) is 17.4 Å². The molecule has 0 radical (unpaired) electrons. The molecule has 4 saturated carbocycles. The van der Waals surface area contributed by atoms with Crippen LogP contribution in [0.4, 0.5) is 0 Å². The molecule has 0 unspecified atom stereocenters. The summed E-state index contributed by atoms with van der Waals surface area (Å²) >= 11 is 1.69. The fraction of sp³-hybridized carbons (Fsp3) is 0.565. The third-order valence-electron chi connectivity index (χ3n) is 7.05. The molecule has 4 bridgehead atoms. The van der Waals surface area contributed by atoms with Crippen LogP contribution < -0.4 is 5.32 Å². The van der Waals surface area contributed by atoms with Crippen molar-refractivity contribution in [2.24, 2.45) is 23.7 Å². The molecule has 4 fully saturated rings. The molecule has 4 aliphatic carbocycles. The van der Waals surface area contributed by atoms with Crippen molar-refractivity contribution >= 4 is 17.7 Å². The number of rotatable bonds is 5. The molecule has 6 rings (SSSR count). The fourth-order valence-corrected chi connectivity index (χ4v) is 6.88.